The minimum absolute atomic E-state index is 0.285. The van der Waals surface area contributed by atoms with Gasteiger partial charge in [0.2, 0.25) is 5.91 Å². The van der Waals surface area contributed by atoms with Crippen molar-refractivity contribution in [3.8, 4) is 0 Å². The monoisotopic (exact) mass is 414 g/mol. The van der Waals surface area contributed by atoms with Gasteiger partial charge in [0.1, 0.15) is 0 Å². The van der Waals surface area contributed by atoms with E-state index in [2.05, 4.69) is 58.8 Å². The van der Waals surface area contributed by atoms with Crippen molar-refractivity contribution in [2.75, 3.05) is 52.4 Å². The third kappa shape index (κ3) is 6.17. The molecule has 2 unspecified atom stereocenters. The number of likely N-dealkylation sites (tertiary alicyclic amines) is 1. The number of aryl methyl sites for hydroxylation is 1. The minimum atomic E-state index is 0.285. The molecule has 7 heteroatoms. The summed E-state index contributed by atoms with van der Waals surface area (Å²) < 4.78 is 0. The first-order chi connectivity index (χ1) is 14.5. The fourth-order valence-electron chi connectivity index (χ4n) is 4.54. The van der Waals surface area contributed by atoms with Crippen LogP contribution in [0.3, 0.4) is 0 Å². The Kier molecular flexibility index (Phi) is 8.08. The highest BCUT2D eigenvalue weighted by Gasteiger charge is 2.28. The zero-order valence-electron chi connectivity index (χ0n) is 19.1. The molecule has 3 heterocycles. The van der Waals surface area contributed by atoms with E-state index in [0.29, 0.717) is 24.9 Å². The molecule has 0 radical (unpaired) electrons. The molecule has 3 rings (SSSR count). The van der Waals surface area contributed by atoms with Gasteiger partial charge in [-0.1, -0.05) is 19.9 Å². The molecule has 1 amide bonds. The summed E-state index contributed by atoms with van der Waals surface area (Å²) in [5.74, 6) is 2.44. The fourth-order valence-corrected chi connectivity index (χ4v) is 4.54. The molecule has 7 nitrogen and oxygen atoms in total. The van der Waals surface area contributed by atoms with Gasteiger partial charge in [-0.05, 0) is 43.7 Å². The first kappa shape index (κ1) is 22.5. The second-order valence-electron chi connectivity index (χ2n) is 8.95. The third-order valence-electron chi connectivity index (χ3n) is 6.08. The van der Waals surface area contributed by atoms with Crippen molar-refractivity contribution in [2.24, 2.45) is 16.8 Å². The van der Waals surface area contributed by atoms with Crippen molar-refractivity contribution in [2.45, 2.75) is 40.7 Å². The van der Waals surface area contributed by atoms with Gasteiger partial charge < -0.3 is 15.1 Å². The second-order valence-corrected chi connectivity index (χ2v) is 8.95. The lowest BCUT2D eigenvalue weighted by molar-refractivity contribution is -0.135. The second kappa shape index (κ2) is 10.8. The summed E-state index contributed by atoms with van der Waals surface area (Å²) in [7, 11) is 0. The molecule has 2 aliphatic rings. The van der Waals surface area contributed by atoms with Gasteiger partial charge >= 0.3 is 0 Å². The molecule has 1 N–H and O–H groups in total. The molecule has 2 fully saturated rings. The van der Waals surface area contributed by atoms with Crippen molar-refractivity contribution in [3.05, 3.63) is 29.6 Å². The van der Waals surface area contributed by atoms with Gasteiger partial charge in [0.25, 0.3) is 0 Å². The summed E-state index contributed by atoms with van der Waals surface area (Å²) in [6, 6.07) is 4.03. The van der Waals surface area contributed by atoms with Crippen molar-refractivity contribution in [1.82, 2.24) is 25.0 Å². The van der Waals surface area contributed by atoms with Gasteiger partial charge in [-0.3, -0.25) is 14.7 Å². The van der Waals surface area contributed by atoms with Crippen molar-refractivity contribution in [1.29, 1.82) is 0 Å². The molecule has 1 aromatic rings. The van der Waals surface area contributed by atoms with Crippen LogP contribution in [0.15, 0.2) is 23.3 Å². The molecule has 2 aliphatic heterocycles. The maximum absolute atomic E-state index is 12.8. The van der Waals surface area contributed by atoms with E-state index in [9.17, 15) is 4.79 Å². The zero-order valence-corrected chi connectivity index (χ0v) is 19.1. The SMILES string of the molecule is CCNC(=NCc1ncccc1C)N1CCN(CC(=O)N2CC(C)CC(C)C2)CC1. The summed E-state index contributed by atoms with van der Waals surface area (Å²) in [6.07, 6.45) is 3.05. The first-order valence-corrected chi connectivity index (χ1v) is 11.4. The molecule has 0 bridgehead atoms. The number of guanidine groups is 1. The van der Waals surface area contributed by atoms with Crippen LogP contribution in [0.5, 0.6) is 0 Å². The molecule has 0 aromatic carbocycles. The number of hydrogen-bond donors (Lipinski definition) is 1. The van der Waals surface area contributed by atoms with E-state index in [0.717, 1.165) is 57.5 Å². The lowest BCUT2D eigenvalue weighted by atomic mass is 9.92. The van der Waals surface area contributed by atoms with Gasteiger partial charge in [-0.25, -0.2) is 4.99 Å². The molecule has 2 saturated heterocycles. The average Bonchev–Trinajstić information content (AvgIpc) is 2.72. The normalized spacial score (nSPS) is 23.5. The summed E-state index contributed by atoms with van der Waals surface area (Å²) in [5, 5.41) is 3.41. The standard InChI is InChI=1S/C23H38N6O/c1-5-24-23(26-14-21-20(4)7-6-8-25-21)28-11-9-27(10-12-28)17-22(30)29-15-18(2)13-19(3)16-29/h6-8,18-19H,5,9-17H2,1-4H3,(H,24,26). The minimum Gasteiger partial charge on any atom is -0.357 e. The summed E-state index contributed by atoms with van der Waals surface area (Å²) >= 11 is 0. The number of piperidine rings is 1. The Bertz CT molecular complexity index is 718. The Morgan fingerprint density at radius 1 is 1.17 bits per heavy atom. The Labute approximate surface area is 181 Å². The topological polar surface area (TPSA) is 64.1 Å². The lowest BCUT2D eigenvalue weighted by Crippen LogP contribution is -2.55. The zero-order chi connectivity index (χ0) is 21.5. The van der Waals surface area contributed by atoms with Gasteiger partial charge in [-0.15, -0.1) is 0 Å². The van der Waals surface area contributed by atoms with Crippen LogP contribution < -0.4 is 5.32 Å². The van der Waals surface area contributed by atoms with Crippen LogP contribution in [-0.4, -0.2) is 83.9 Å². The van der Waals surface area contributed by atoms with E-state index in [1.165, 1.54) is 12.0 Å². The average molecular weight is 415 g/mol. The Morgan fingerprint density at radius 3 is 2.50 bits per heavy atom. The third-order valence-corrected chi connectivity index (χ3v) is 6.08. The molecule has 2 atom stereocenters. The number of nitrogens with one attached hydrogen (secondary N) is 1. The number of aromatic nitrogens is 1. The van der Waals surface area contributed by atoms with E-state index in [1.54, 1.807) is 0 Å². The van der Waals surface area contributed by atoms with E-state index in [1.807, 2.05) is 12.3 Å². The fraction of sp³-hybridized carbons (Fsp3) is 0.696. The number of nitrogens with zero attached hydrogens (tertiary/aromatic N) is 5. The molecule has 1 aromatic heterocycles. The number of carbonyl (C=O) groups is 1. The van der Waals surface area contributed by atoms with Gasteiger partial charge in [-0.2, -0.15) is 0 Å². The number of amides is 1. The van der Waals surface area contributed by atoms with Crippen LogP contribution in [0.2, 0.25) is 0 Å². The molecular weight excluding hydrogens is 376 g/mol. The summed E-state index contributed by atoms with van der Waals surface area (Å²) in [5.41, 5.74) is 2.18. The quantitative estimate of drug-likeness (QED) is 0.590. The highest BCUT2D eigenvalue weighted by molar-refractivity contribution is 5.80. The molecule has 0 spiro atoms. The van der Waals surface area contributed by atoms with Crippen LogP contribution in [0.4, 0.5) is 0 Å². The van der Waals surface area contributed by atoms with Gasteiger partial charge in [0, 0.05) is 52.0 Å². The maximum Gasteiger partial charge on any atom is 0.236 e. The molecule has 166 valence electrons. The number of piperazine rings is 1. The van der Waals surface area contributed by atoms with E-state index >= 15 is 0 Å². The highest BCUT2D eigenvalue weighted by atomic mass is 16.2. The van der Waals surface area contributed by atoms with Crippen LogP contribution in [-0.2, 0) is 11.3 Å². The van der Waals surface area contributed by atoms with Gasteiger partial charge in [0.15, 0.2) is 5.96 Å². The Morgan fingerprint density at radius 2 is 1.87 bits per heavy atom. The predicted molar refractivity (Wildman–Crippen MR) is 121 cm³/mol. The van der Waals surface area contributed by atoms with E-state index in [4.69, 9.17) is 4.99 Å². The van der Waals surface area contributed by atoms with Crippen molar-refractivity contribution in [3.63, 3.8) is 0 Å². The van der Waals surface area contributed by atoms with E-state index < -0.39 is 0 Å². The summed E-state index contributed by atoms with van der Waals surface area (Å²) in [6.45, 7) is 16.0. The van der Waals surface area contributed by atoms with Crippen molar-refractivity contribution < 1.29 is 4.79 Å². The predicted octanol–water partition coefficient (Wildman–Crippen LogP) is 1.98. The largest absolute Gasteiger partial charge is 0.357 e. The number of carbonyl (C=O) groups excluding carboxylic acids is 1. The highest BCUT2D eigenvalue weighted by Crippen LogP contribution is 2.21. The number of rotatable bonds is 5. The molecule has 0 saturated carbocycles. The Balaban J connectivity index is 1.52. The smallest absolute Gasteiger partial charge is 0.236 e. The summed E-state index contributed by atoms with van der Waals surface area (Å²) in [4.78, 5) is 28.7. The number of pyridine rings is 1. The van der Waals surface area contributed by atoms with E-state index in [-0.39, 0.29) is 5.91 Å². The van der Waals surface area contributed by atoms with Crippen LogP contribution in [0, 0.1) is 18.8 Å². The molecular formula is C23H38N6O. The van der Waals surface area contributed by atoms with Crippen molar-refractivity contribution >= 4 is 11.9 Å². The van der Waals surface area contributed by atoms with Gasteiger partial charge in [0.05, 0.1) is 18.8 Å². The van der Waals surface area contributed by atoms with Crippen LogP contribution in [0.25, 0.3) is 0 Å². The van der Waals surface area contributed by atoms with Crippen LogP contribution in [0.1, 0.15) is 38.4 Å². The first-order valence-electron chi connectivity index (χ1n) is 11.4. The maximum atomic E-state index is 12.8. The molecule has 30 heavy (non-hydrogen) atoms. The number of hydrogen-bond acceptors (Lipinski definition) is 4. The Hall–Kier alpha value is -2.15. The number of aliphatic imine (C=N–C) groups is 1. The van der Waals surface area contributed by atoms with Crippen LogP contribution >= 0.6 is 0 Å². The lowest BCUT2D eigenvalue weighted by Gasteiger charge is -2.39. The molecule has 0 aliphatic carbocycles.